The minimum atomic E-state index is -3.81. The first-order chi connectivity index (χ1) is 10.3. The molecule has 1 aromatic heterocycles. The van der Waals surface area contributed by atoms with Crippen molar-refractivity contribution in [3.63, 3.8) is 0 Å². The zero-order valence-corrected chi connectivity index (χ0v) is 13.0. The molecule has 0 spiro atoms. The molecule has 0 unspecified atom stereocenters. The molecule has 0 saturated carbocycles. The van der Waals surface area contributed by atoms with Crippen LogP contribution in [0.3, 0.4) is 0 Å². The van der Waals surface area contributed by atoms with Crippen LogP contribution in [-0.4, -0.2) is 24.4 Å². The van der Waals surface area contributed by atoms with Gasteiger partial charge in [0.1, 0.15) is 6.61 Å². The van der Waals surface area contributed by atoms with E-state index in [0.717, 1.165) is 11.8 Å². The number of hydrogen-bond acceptors (Lipinski definition) is 5. The molecule has 7 nitrogen and oxygen atoms in total. The van der Waals surface area contributed by atoms with Crippen LogP contribution in [-0.2, 0) is 22.9 Å². The van der Waals surface area contributed by atoms with E-state index in [4.69, 9.17) is 4.84 Å². The summed E-state index contributed by atoms with van der Waals surface area (Å²) in [5.41, 5.74) is -0.876. The Bertz CT molecular complexity index is 882. The maximum atomic E-state index is 12.0. The third-order valence-electron chi connectivity index (χ3n) is 3.03. The molecule has 0 aliphatic rings. The molecular formula is C14H16N2O5S. The van der Waals surface area contributed by atoms with Gasteiger partial charge in [0.15, 0.2) is 14.9 Å². The van der Waals surface area contributed by atoms with Crippen LogP contribution in [0.2, 0.25) is 0 Å². The molecule has 0 aliphatic carbocycles. The van der Waals surface area contributed by atoms with Crippen LogP contribution >= 0.6 is 0 Å². The summed E-state index contributed by atoms with van der Waals surface area (Å²) in [6.45, 7) is 1.63. The molecule has 0 bridgehead atoms. The molecule has 118 valence electrons. The van der Waals surface area contributed by atoms with E-state index in [1.807, 2.05) is 6.07 Å². The van der Waals surface area contributed by atoms with Gasteiger partial charge in [-0.15, -0.1) is 4.73 Å². The van der Waals surface area contributed by atoms with E-state index in [9.17, 15) is 18.0 Å². The van der Waals surface area contributed by atoms with Crippen molar-refractivity contribution in [1.29, 1.82) is 0 Å². The van der Waals surface area contributed by atoms with Gasteiger partial charge in [-0.3, -0.25) is 9.78 Å². The van der Waals surface area contributed by atoms with Crippen LogP contribution in [0.5, 0.6) is 0 Å². The van der Waals surface area contributed by atoms with Gasteiger partial charge in [0.2, 0.25) is 0 Å². The first-order valence-corrected chi connectivity index (χ1v) is 8.49. The van der Waals surface area contributed by atoms with Crippen LogP contribution in [0, 0.1) is 0 Å². The molecule has 0 amide bonds. The summed E-state index contributed by atoms with van der Waals surface area (Å²) in [6.07, 6.45) is 1.09. The van der Waals surface area contributed by atoms with Gasteiger partial charge in [-0.1, -0.05) is 37.3 Å². The van der Waals surface area contributed by atoms with E-state index < -0.39 is 26.1 Å². The Morgan fingerprint density at radius 3 is 2.36 bits per heavy atom. The second kappa shape index (κ2) is 6.18. The highest BCUT2D eigenvalue weighted by Crippen LogP contribution is 2.10. The summed E-state index contributed by atoms with van der Waals surface area (Å²) in [7, 11) is -3.81. The van der Waals surface area contributed by atoms with Crippen LogP contribution in [0.25, 0.3) is 0 Å². The highest BCUT2D eigenvalue weighted by Gasteiger charge is 2.23. The summed E-state index contributed by atoms with van der Waals surface area (Å²) >= 11 is 0. The van der Waals surface area contributed by atoms with Crippen molar-refractivity contribution >= 4 is 9.84 Å². The quantitative estimate of drug-likeness (QED) is 0.788. The summed E-state index contributed by atoms with van der Waals surface area (Å²) in [5.74, 6) is 0. The number of nitrogens with one attached hydrogen (secondary N) is 1. The lowest BCUT2D eigenvalue weighted by Gasteiger charge is -2.14. The van der Waals surface area contributed by atoms with Crippen LogP contribution in [0.4, 0.5) is 0 Å². The normalized spacial score (nSPS) is 11.4. The van der Waals surface area contributed by atoms with Crippen LogP contribution in [0.1, 0.15) is 18.1 Å². The fourth-order valence-electron chi connectivity index (χ4n) is 2.05. The molecule has 22 heavy (non-hydrogen) atoms. The summed E-state index contributed by atoms with van der Waals surface area (Å²) in [4.78, 5) is 31.1. The number of aromatic amines is 1. The summed E-state index contributed by atoms with van der Waals surface area (Å²) in [6, 6.07) is 8.97. The predicted molar refractivity (Wildman–Crippen MR) is 80.5 cm³/mol. The predicted octanol–water partition coefficient (Wildman–Crippen LogP) is 0.131. The van der Waals surface area contributed by atoms with Crippen molar-refractivity contribution in [2.45, 2.75) is 25.0 Å². The molecule has 1 N–H and O–H groups in total. The van der Waals surface area contributed by atoms with E-state index >= 15 is 0 Å². The Hall–Kier alpha value is -2.35. The summed E-state index contributed by atoms with van der Waals surface area (Å²) < 4.78 is 24.6. The van der Waals surface area contributed by atoms with Crippen LogP contribution < -0.4 is 16.1 Å². The average Bonchev–Trinajstić information content (AvgIpc) is 2.45. The second-order valence-corrected chi connectivity index (χ2v) is 6.65. The number of hydrogen-bond donors (Lipinski definition) is 1. The minimum absolute atomic E-state index is 0.00152. The highest BCUT2D eigenvalue weighted by atomic mass is 32.2. The number of H-pyrrole nitrogens is 1. The minimum Gasteiger partial charge on any atom is -0.403 e. The lowest BCUT2D eigenvalue weighted by Crippen LogP contribution is -2.39. The largest absolute Gasteiger partial charge is 0.403 e. The van der Waals surface area contributed by atoms with Crippen molar-refractivity contribution in [3.8, 4) is 0 Å². The second-order valence-electron chi connectivity index (χ2n) is 4.72. The number of aromatic nitrogens is 2. The molecule has 8 heteroatoms. The lowest BCUT2D eigenvalue weighted by molar-refractivity contribution is 0.0651. The fraction of sp³-hybridized carbons (Fsp3) is 0.286. The molecule has 0 saturated heterocycles. The standard InChI is InChI=1S/C14H16N2O5S/c1-3-11-12(17)15-14(18)16(13(11)22(2,19)20)21-9-10-7-5-4-6-8-10/h4-8H,3,9H2,1-2H3,(H,15,17,18). The molecular weight excluding hydrogens is 308 g/mol. The zero-order chi connectivity index (χ0) is 16.3. The number of rotatable bonds is 5. The van der Waals surface area contributed by atoms with E-state index in [1.54, 1.807) is 31.2 Å². The third kappa shape index (κ3) is 3.28. The van der Waals surface area contributed by atoms with E-state index in [1.165, 1.54) is 0 Å². The van der Waals surface area contributed by atoms with Gasteiger partial charge in [0, 0.05) is 6.26 Å². The molecule has 0 radical (unpaired) electrons. The van der Waals surface area contributed by atoms with Gasteiger partial charge in [-0.2, -0.15) is 0 Å². The van der Waals surface area contributed by atoms with Crippen molar-refractivity contribution in [2.24, 2.45) is 0 Å². The maximum absolute atomic E-state index is 12.0. The smallest absolute Gasteiger partial charge is 0.362 e. The summed E-state index contributed by atoms with van der Waals surface area (Å²) in [5, 5.41) is -0.403. The monoisotopic (exact) mass is 324 g/mol. The average molecular weight is 324 g/mol. The zero-order valence-electron chi connectivity index (χ0n) is 12.2. The first kappa shape index (κ1) is 16.0. The van der Waals surface area contributed by atoms with Crippen molar-refractivity contribution < 1.29 is 13.3 Å². The molecule has 1 aromatic carbocycles. The SMILES string of the molecule is CCc1c(S(C)(=O)=O)n(OCc2ccccc2)c(=O)[nH]c1=O. The third-order valence-corrected chi connectivity index (χ3v) is 4.14. The van der Waals surface area contributed by atoms with Gasteiger partial charge >= 0.3 is 5.69 Å². The Kier molecular flexibility index (Phi) is 4.51. The van der Waals surface area contributed by atoms with Gasteiger partial charge in [-0.05, 0) is 12.0 Å². The molecule has 0 aliphatic heterocycles. The topological polar surface area (TPSA) is 98.2 Å². The highest BCUT2D eigenvalue weighted by molar-refractivity contribution is 7.90. The van der Waals surface area contributed by atoms with E-state index in [2.05, 4.69) is 4.98 Å². The van der Waals surface area contributed by atoms with Crippen molar-refractivity contribution in [3.05, 3.63) is 62.3 Å². The Morgan fingerprint density at radius 2 is 1.82 bits per heavy atom. The van der Waals surface area contributed by atoms with Crippen molar-refractivity contribution in [1.82, 2.24) is 9.71 Å². The number of nitrogens with zero attached hydrogens (tertiary/aromatic N) is 1. The maximum Gasteiger partial charge on any atom is 0.362 e. The van der Waals surface area contributed by atoms with Gasteiger partial charge < -0.3 is 4.84 Å². The van der Waals surface area contributed by atoms with Crippen LogP contribution in [0.15, 0.2) is 44.9 Å². The van der Waals surface area contributed by atoms with E-state index in [-0.39, 0.29) is 18.6 Å². The number of benzene rings is 1. The molecule has 2 rings (SSSR count). The fourth-order valence-corrected chi connectivity index (χ4v) is 3.17. The molecule has 0 fully saturated rings. The van der Waals surface area contributed by atoms with Gasteiger partial charge in [0.25, 0.3) is 5.56 Å². The molecule has 0 atom stereocenters. The Balaban J connectivity index is 2.55. The molecule has 2 aromatic rings. The molecule has 1 heterocycles. The number of sulfone groups is 1. The first-order valence-electron chi connectivity index (χ1n) is 6.60. The van der Waals surface area contributed by atoms with Crippen molar-refractivity contribution in [2.75, 3.05) is 6.26 Å². The Labute approximate surface area is 127 Å². The Morgan fingerprint density at radius 1 is 1.18 bits per heavy atom. The van der Waals surface area contributed by atoms with Gasteiger partial charge in [0.05, 0.1) is 5.56 Å². The van der Waals surface area contributed by atoms with Gasteiger partial charge in [-0.25, -0.2) is 13.2 Å². The lowest BCUT2D eigenvalue weighted by atomic mass is 10.2. The van der Waals surface area contributed by atoms with E-state index in [0.29, 0.717) is 4.73 Å².